The molecule has 2 nitrogen and oxygen atoms in total. The van der Waals surface area contributed by atoms with Crippen molar-refractivity contribution in [3.8, 4) is 5.88 Å². The summed E-state index contributed by atoms with van der Waals surface area (Å²) in [4.78, 5) is 3.88. The van der Waals surface area contributed by atoms with Crippen molar-refractivity contribution in [1.29, 1.82) is 0 Å². The first-order chi connectivity index (χ1) is 6.80. The first kappa shape index (κ1) is 11.9. The summed E-state index contributed by atoms with van der Waals surface area (Å²) in [7, 11) is 0. The number of hydrogen-bond donors (Lipinski definition) is 0. The molecule has 0 spiro atoms. The minimum Gasteiger partial charge on any atom is -0.417 e. The molecule has 4 heteroatoms. The van der Waals surface area contributed by atoms with E-state index in [4.69, 9.17) is 0 Å². The lowest BCUT2D eigenvalue weighted by Crippen LogP contribution is -2.16. The number of pyridine rings is 1. The van der Waals surface area contributed by atoms with E-state index in [0.717, 1.165) is 5.56 Å². The van der Waals surface area contributed by atoms with Gasteiger partial charge in [-0.3, -0.25) is 0 Å². The van der Waals surface area contributed by atoms with Crippen LogP contribution in [0.15, 0.2) is 12.3 Å². The molecule has 0 unspecified atom stereocenters. The van der Waals surface area contributed by atoms with Gasteiger partial charge in [0.25, 0.3) is 0 Å². The average Bonchev–Trinajstić information content (AvgIpc) is 2.05. The zero-order valence-electron chi connectivity index (χ0n) is 9.34. The van der Waals surface area contributed by atoms with E-state index in [1.54, 1.807) is 0 Å². The standard InChI is InChI=1S/C11H15F2NO/c1-7-5-8(11(2,3)4)9(14-6-7)15-10(12)13/h5-6,10H,1-4H3. The van der Waals surface area contributed by atoms with Crippen molar-refractivity contribution in [2.45, 2.75) is 39.7 Å². The van der Waals surface area contributed by atoms with E-state index in [0.29, 0.717) is 5.56 Å². The van der Waals surface area contributed by atoms with Gasteiger partial charge in [-0.25, -0.2) is 4.98 Å². The predicted molar refractivity (Wildman–Crippen MR) is 54.3 cm³/mol. The molecule has 0 bridgehead atoms. The third kappa shape index (κ3) is 3.15. The fourth-order valence-corrected chi connectivity index (χ4v) is 1.27. The van der Waals surface area contributed by atoms with Crippen LogP contribution in [0.2, 0.25) is 0 Å². The molecule has 1 rings (SSSR count). The Labute approximate surface area is 88.3 Å². The minimum atomic E-state index is -2.83. The highest BCUT2D eigenvalue weighted by molar-refractivity contribution is 5.35. The van der Waals surface area contributed by atoms with Crippen molar-refractivity contribution in [2.75, 3.05) is 0 Å². The summed E-state index contributed by atoms with van der Waals surface area (Å²) in [5, 5.41) is 0. The summed E-state index contributed by atoms with van der Waals surface area (Å²) >= 11 is 0. The first-order valence-electron chi connectivity index (χ1n) is 4.72. The van der Waals surface area contributed by atoms with Crippen LogP contribution in [0.1, 0.15) is 31.9 Å². The maximum atomic E-state index is 12.1. The van der Waals surface area contributed by atoms with Crippen LogP contribution in [0.4, 0.5) is 8.78 Å². The van der Waals surface area contributed by atoms with Crippen LogP contribution < -0.4 is 4.74 Å². The Kier molecular flexibility index (Phi) is 3.27. The molecule has 0 saturated carbocycles. The number of aryl methyl sites for hydroxylation is 1. The van der Waals surface area contributed by atoms with E-state index in [1.807, 2.05) is 33.8 Å². The van der Waals surface area contributed by atoms with Gasteiger partial charge in [0, 0.05) is 11.8 Å². The summed E-state index contributed by atoms with van der Waals surface area (Å²) in [5.74, 6) is 0.0168. The van der Waals surface area contributed by atoms with Gasteiger partial charge in [0.1, 0.15) is 0 Å². The molecule has 1 aromatic rings. The fraction of sp³-hybridized carbons (Fsp3) is 0.545. The number of aromatic nitrogens is 1. The normalized spacial score (nSPS) is 11.9. The number of alkyl halides is 2. The van der Waals surface area contributed by atoms with Crippen molar-refractivity contribution in [1.82, 2.24) is 4.98 Å². The van der Waals surface area contributed by atoms with Crippen molar-refractivity contribution in [3.05, 3.63) is 23.4 Å². The second kappa shape index (κ2) is 4.13. The van der Waals surface area contributed by atoms with Crippen LogP contribution in [-0.2, 0) is 5.41 Å². The fourth-order valence-electron chi connectivity index (χ4n) is 1.27. The third-order valence-corrected chi connectivity index (χ3v) is 2.00. The van der Waals surface area contributed by atoms with E-state index in [9.17, 15) is 8.78 Å². The molecule has 84 valence electrons. The highest BCUT2D eigenvalue weighted by Crippen LogP contribution is 2.30. The SMILES string of the molecule is Cc1cnc(OC(F)F)c(C(C)(C)C)c1. The Hall–Kier alpha value is -1.19. The van der Waals surface area contributed by atoms with Gasteiger partial charge < -0.3 is 4.74 Å². The van der Waals surface area contributed by atoms with Gasteiger partial charge in [-0.2, -0.15) is 8.78 Å². The molecular weight excluding hydrogens is 200 g/mol. The Morgan fingerprint density at radius 1 is 1.33 bits per heavy atom. The van der Waals surface area contributed by atoms with Gasteiger partial charge in [0.2, 0.25) is 5.88 Å². The maximum Gasteiger partial charge on any atom is 0.388 e. The lowest BCUT2D eigenvalue weighted by Gasteiger charge is -2.21. The molecule has 1 heterocycles. The van der Waals surface area contributed by atoms with Crippen LogP contribution in [0.25, 0.3) is 0 Å². The van der Waals surface area contributed by atoms with Gasteiger partial charge in [-0.15, -0.1) is 0 Å². The van der Waals surface area contributed by atoms with E-state index >= 15 is 0 Å². The number of ether oxygens (including phenoxy) is 1. The lowest BCUT2D eigenvalue weighted by atomic mass is 9.87. The monoisotopic (exact) mass is 215 g/mol. The molecule has 0 aliphatic heterocycles. The van der Waals surface area contributed by atoms with Crippen molar-refractivity contribution < 1.29 is 13.5 Å². The Morgan fingerprint density at radius 3 is 2.40 bits per heavy atom. The van der Waals surface area contributed by atoms with Crippen LogP contribution >= 0.6 is 0 Å². The van der Waals surface area contributed by atoms with Crippen molar-refractivity contribution in [2.24, 2.45) is 0 Å². The summed E-state index contributed by atoms with van der Waals surface area (Å²) < 4.78 is 28.6. The Bertz CT molecular complexity index is 345. The Morgan fingerprint density at radius 2 is 1.93 bits per heavy atom. The topological polar surface area (TPSA) is 22.1 Å². The third-order valence-electron chi connectivity index (χ3n) is 2.00. The zero-order chi connectivity index (χ0) is 11.6. The minimum absolute atomic E-state index is 0.0168. The van der Waals surface area contributed by atoms with Gasteiger partial charge in [-0.1, -0.05) is 20.8 Å². The molecule has 0 saturated heterocycles. The molecule has 0 radical (unpaired) electrons. The molecule has 1 aromatic heterocycles. The predicted octanol–water partition coefficient (Wildman–Crippen LogP) is 3.29. The Balaban J connectivity index is 3.15. The molecule has 0 aliphatic carbocycles. The molecule has 0 atom stereocenters. The van der Waals surface area contributed by atoms with Gasteiger partial charge >= 0.3 is 6.61 Å². The van der Waals surface area contributed by atoms with Crippen molar-refractivity contribution >= 4 is 0 Å². The zero-order valence-corrected chi connectivity index (χ0v) is 9.34. The van der Waals surface area contributed by atoms with E-state index in [-0.39, 0.29) is 11.3 Å². The van der Waals surface area contributed by atoms with E-state index in [1.165, 1.54) is 6.20 Å². The highest BCUT2D eigenvalue weighted by atomic mass is 19.3. The maximum absolute atomic E-state index is 12.1. The highest BCUT2D eigenvalue weighted by Gasteiger charge is 2.22. The summed E-state index contributed by atoms with van der Waals surface area (Å²) in [6, 6.07) is 1.82. The summed E-state index contributed by atoms with van der Waals surface area (Å²) in [6.07, 6.45) is 1.52. The molecule has 0 amide bonds. The van der Waals surface area contributed by atoms with Crippen LogP contribution in [-0.4, -0.2) is 11.6 Å². The van der Waals surface area contributed by atoms with E-state index in [2.05, 4.69) is 9.72 Å². The molecule has 0 aliphatic rings. The molecule has 0 fully saturated rings. The van der Waals surface area contributed by atoms with Gasteiger partial charge in [0.15, 0.2) is 0 Å². The molecule has 0 N–H and O–H groups in total. The van der Waals surface area contributed by atoms with Crippen LogP contribution in [0.3, 0.4) is 0 Å². The second-order valence-electron chi connectivity index (χ2n) is 4.49. The smallest absolute Gasteiger partial charge is 0.388 e. The number of hydrogen-bond acceptors (Lipinski definition) is 2. The second-order valence-corrected chi connectivity index (χ2v) is 4.49. The van der Waals surface area contributed by atoms with Crippen LogP contribution in [0, 0.1) is 6.92 Å². The largest absolute Gasteiger partial charge is 0.417 e. The average molecular weight is 215 g/mol. The van der Waals surface area contributed by atoms with Crippen molar-refractivity contribution in [3.63, 3.8) is 0 Å². The van der Waals surface area contributed by atoms with Gasteiger partial charge in [0.05, 0.1) is 0 Å². The number of rotatable bonds is 2. The molecule has 0 aromatic carbocycles. The summed E-state index contributed by atoms with van der Waals surface area (Å²) in [5.41, 5.74) is 1.37. The number of nitrogens with zero attached hydrogens (tertiary/aromatic N) is 1. The van der Waals surface area contributed by atoms with E-state index < -0.39 is 6.61 Å². The molecule has 15 heavy (non-hydrogen) atoms. The quantitative estimate of drug-likeness (QED) is 0.755. The summed E-state index contributed by atoms with van der Waals surface area (Å²) in [6.45, 7) is 4.83. The first-order valence-corrected chi connectivity index (χ1v) is 4.72. The molecular formula is C11H15F2NO. The van der Waals surface area contributed by atoms with Crippen LogP contribution in [0.5, 0.6) is 5.88 Å². The number of halogens is 2. The van der Waals surface area contributed by atoms with Gasteiger partial charge in [-0.05, 0) is 24.0 Å². The lowest BCUT2D eigenvalue weighted by molar-refractivity contribution is -0.0539.